The van der Waals surface area contributed by atoms with Gasteiger partial charge in [-0.25, -0.2) is 13.8 Å². The molecule has 104 valence electrons. The van der Waals surface area contributed by atoms with E-state index >= 15 is 0 Å². The molecule has 0 unspecified atom stereocenters. The Bertz CT molecular complexity index is 692. The minimum atomic E-state index is -0.635. The molecule has 0 bridgehead atoms. The van der Waals surface area contributed by atoms with E-state index in [0.717, 1.165) is 18.3 Å². The van der Waals surface area contributed by atoms with Crippen molar-refractivity contribution in [1.29, 1.82) is 0 Å². The van der Waals surface area contributed by atoms with Crippen molar-refractivity contribution in [3.8, 4) is 0 Å². The Kier molecular flexibility index (Phi) is 3.31. The average molecular weight is 277 g/mol. The van der Waals surface area contributed by atoms with E-state index in [1.807, 2.05) is 0 Å². The summed E-state index contributed by atoms with van der Waals surface area (Å²) in [7, 11) is 0. The number of hydrogen-bond donors (Lipinski definition) is 2. The van der Waals surface area contributed by atoms with E-state index in [1.54, 1.807) is 0 Å². The summed E-state index contributed by atoms with van der Waals surface area (Å²) in [6.07, 6.45) is 0.883. The second-order valence-electron chi connectivity index (χ2n) is 4.82. The molecule has 6 heteroatoms. The van der Waals surface area contributed by atoms with Crippen molar-refractivity contribution in [2.24, 2.45) is 0 Å². The highest BCUT2D eigenvalue weighted by Gasteiger charge is 2.15. The Morgan fingerprint density at radius 1 is 1.20 bits per heavy atom. The maximum Gasteiger partial charge on any atom is 0.255 e. The number of fused-ring (bicyclic) bond motifs is 1. The van der Waals surface area contributed by atoms with E-state index in [0.29, 0.717) is 29.9 Å². The summed E-state index contributed by atoms with van der Waals surface area (Å²) in [6.45, 7) is 1.28. The van der Waals surface area contributed by atoms with Gasteiger partial charge in [-0.05, 0) is 17.7 Å². The SMILES string of the molecule is O=c1[nH]c(Cc2cc(F)cc(F)c2)nc2c1CNCC2. The van der Waals surface area contributed by atoms with Crippen LogP contribution in [0.2, 0.25) is 0 Å². The first-order chi connectivity index (χ1) is 9.61. The van der Waals surface area contributed by atoms with Crippen molar-refractivity contribution in [1.82, 2.24) is 15.3 Å². The van der Waals surface area contributed by atoms with Crippen LogP contribution in [0.3, 0.4) is 0 Å². The summed E-state index contributed by atoms with van der Waals surface area (Å²) in [5, 5.41) is 3.11. The molecule has 1 aliphatic rings. The zero-order valence-corrected chi connectivity index (χ0v) is 10.7. The van der Waals surface area contributed by atoms with Crippen LogP contribution >= 0.6 is 0 Å². The maximum absolute atomic E-state index is 13.1. The summed E-state index contributed by atoms with van der Waals surface area (Å²) in [5.41, 5.74) is 1.67. The Morgan fingerprint density at radius 3 is 2.70 bits per heavy atom. The van der Waals surface area contributed by atoms with Gasteiger partial charge in [0, 0.05) is 32.0 Å². The molecule has 0 amide bonds. The van der Waals surface area contributed by atoms with Crippen molar-refractivity contribution in [3.05, 3.63) is 62.8 Å². The number of H-pyrrole nitrogens is 1. The fourth-order valence-corrected chi connectivity index (χ4v) is 2.40. The van der Waals surface area contributed by atoms with Crippen molar-refractivity contribution in [2.45, 2.75) is 19.4 Å². The standard InChI is InChI=1S/C14H13F2N3O/c15-9-3-8(4-10(16)6-9)5-13-18-12-1-2-17-7-11(12)14(20)19-13/h3-4,6,17H,1-2,5,7H2,(H,18,19,20). The molecular weight excluding hydrogens is 264 g/mol. The molecule has 0 saturated heterocycles. The van der Waals surface area contributed by atoms with Crippen LogP contribution < -0.4 is 10.9 Å². The molecule has 4 nitrogen and oxygen atoms in total. The fourth-order valence-electron chi connectivity index (χ4n) is 2.40. The molecule has 20 heavy (non-hydrogen) atoms. The summed E-state index contributed by atoms with van der Waals surface area (Å²) in [5.74, 6) is -0.838. The zero-order chi connectivity index (χ0) is 14.1. The van der Waals surface area contributed by atoms with Crippen molar-refractivity contribution < 1.29 is 8.78 Å². The highest BCUT2D eigenvalue weighted by molar-refractivity contribution is 5.25. The third-order valence-electron chi connectivity index (χ3n) is 3.28. The van der Waals surface area contributed by atoms with E-state index in [4.69, 9.17) is 0 Å². The predicted molar refractivity (Wildman–Crippen MR) is 69.4 cm³/mol. The molecule has 2 aromatic rings. The maximum atomic E-state index is 13.1. The average Bonchev–Trinajstić information content (AvgIpc) is 2.37. The first-order valence-corrected chi connectivity index (χ1v) is 6.38. The number of halogens is 2. The van der Waals surface area contributed by atoms with Crippen molar-refractivity contribution >= 4 is 0 Å². The van der Waals surface area contributed by atoms with Crippen molar-refractivity contribution in [2.75, 3.05) is 6.54 Å². The number of aromatic nitrogens is 2. The number of rotatable bonds is 2. The van der Waals surface area contributed by atoms with E-state index in [-0.39, 0.29) is 12.0 Å². The Balaban J connectivity index is 1.95. The number of nitrogens with zero attached hydrogens (tertiary/aromatic N) is 1. The highest BCUT2D eigenvalue weighted by Crippen LogP contribution is 2.12. The lowest BCUT2D eigenvalue weighted by Crippen LogP contribution is -2.32. The van der Waals surface area contributed by atoms with Gasteiger partial charge in [-0.2, -0.15) is 0 Å². The first-order valence-electron chi connectivity index (χ1n) is 6.38. The summed E-state index contributed by atoms with van der Waals surface area (Å²) >= 11 is 0. The lowest BCUT2D eigenvalue weighted by molar-refractivity contribution is 0.579. The van der Waals surface area contributed by atoms with E-state index in [9.17, 15) is 13.6 Å². The predicted octanol–water partition coefficient (Wildman–Crippen LogP) is 1.28. The monoisotopic (exact) mass is 277 g/mol. The normalized spacial score (nSPS) is 14.1. The third kappa shape index (κ3) is 2.60. The molecule has 3 rings (SSSR count). The lowest BCUT2D eigenvalue weighted by atomic mass is 10.1. The molecule has 1 aromatic heterocycles. The molecule has 1 aromatic carbocycles. The molecule has 2 heterocycles. The van der Waals surface area contributed by atoms with E-state index < -0.39 is 11.6 Å². The molecule has 0 spiro atoms. The second-order valence-corrected chi connectivity index (χ2v) is 4.82. The van der Waals surface area contributed by atoms with Gasteiger partial charge in [-0.15, -0.1) is 0 Å². The van der Waals surface area contributed by atoms with Gasteiger partial charge in [0.15, 0.2) is 0 Å². The lowest BCUT2D eigenvalue weighted by Gasteiger charge is -2.15. The quantitative estimate of drug-likeness (QED) is 0.869. The number of aromatic amines is 1. The summed E-state index contributed by atoms with van der Waals surface area (Å²) in [4.78, 5) is 19.0. The van der Waals surface area contributed by atoms with Crippen LogP contribution in [0.1, 0.15) is 22.6 Å². The van der Waals surface area contributed by atoms with Crippen molar-refractivity contribution in [3.63, 3.8) is 0 Å². The molecule has 2 N–H and O–H groups in total. The largest absolute Gasteiger partial charge is 0.312 e. The molecule has 0 radical (unpaired) electrons. The number of hydrogen-bond acceptors (Lipinski definition) is 3. The summed E-state index contributed by atoms with van der Waals surface area (Å²) < 4.78 is 26.3. The number of nitrogens with one attached hydrogen (secondary N) is 2. The Labute approximate surface area is 113 Å². The topological polar surface area (TPSA) is 57.8 Å². The highest BCUT2D eigenvalue weighted by atomic mass is 19.1. The Morgan fingerprint density at radius 2 is 1.95 bits per heavy atom. The second kappa shape index (κ2) is 5.13. The van der Waals surface area contributed by atoms with Gasteiger partial charge in [0.2, 0.25) is 0 Å². The van der Waals surface area contributed by atoms with Crippen LogP contribution in [-0.4, -0.2) is 16.5 Å². The molecule has 0 atom stereocenters. The minimum Gasteiger partial charge on any atom is -0.312 e. The smallest absolute Gasteiger partial charge is 0.255 e. The van der Waals surface area contributed by atoms with Gasteiger partial charge >= 0.3 is 0 Å². The molecule has 1 aliphatic heterocycles. The Hall–Kier alpha value is -2.08. The van der Waals surface area contributed by atoms with Crippen LogP contribution in [0.15, 0.2) is 23.0 Å². The van der Waals surface area contributed by atoms with E-state index in [1.165, 1.54) is 12.1 Å². The van der Waals surface area contributed by atoms with Gasteiger partial charge in [-0.3, -0.25) is 4.79 Å². The van der Waals surface area contributed by atoms with Crippen LogP contribution in [0.4, 0.5) is 8.78 Å². The molecule has 0 saturated carbocycles. The van der Waals surface area contributed by atoms with Crippen LogP contribution in [0.25, 0.3) is 0 Å². The summed E-state index contributed by atoms with van der Waals surface area (Å²) in [6, 6.07) is 3.30. The van der Waals surface area contributed by atoms with E-state index in [2.05, 4.69) is 15.3 Å². The zero-order valence-electron chi connectivity index (χ0n) is 10.7. The van der Waals surface area contributed by atoms with Gasteiger partial charge in [0.1, 0.15) is 17.5 Å². The third-order valence-corrected chi connectivity index (χ3v) is 3.28. The van der Waals surface area contributed by atoms with Gasteiger partial charge in [0.05, 0.1) is 11.3 Å². The first kappa shape index (κ1) is 12.9. The van der Waals surface area contributed by atoms with Crippen LogP contribution in [0, 0.1) is 11.6 Å². The van der Waals surface area contributed by atoms with Gasteiger partial charge in [-0.1, -0.05) is 0 Å². The minimum absolute atomic E-state index is 0.186. The number of benzene rings is 1. The van der Waals surface area contributed by atoms with Gasteiger partial charge in [0.25, 0.3) is 5.56 Å². The molecule has 0 fully saturated rings. The van der Waals surface area contributed by atoms with Gasteiger partial charge < -0.3 is 10.3 Å². The van der Waals surface area contributed by atoms with Crippen LogP contribution in [-0.2, 0) is 19.4 Å². The molecular formula is C14H13F2N3O. The van der Waals surface area contributed by atoms with Crippen LogP contribution in [0.5, 0.6) is 0 Å². The fraction of sp³-hybridized carbons (Fsp3) is 0.286. The molecule has 0 aliphatic carbocycles.